The molecule has 3 fully saturated rings. The zero-order chi connectivity index (χ0) is 13.5. The summed E-state index contributed by atoms with van der Waals surface area (Å²) in [6.07, 6.45) is 8.58. The van der Waals surface area contributed by atoms with E-state index in [1.807, 2.05) is 12.1 Å². The normalized spacial score (nSPS) is 39.0. The molecule has 0 aromatic heterocycles. The summed E-state index contributed by atoms with van der Waals surface area (Å²) in [6, 6.07) is 9.08. The Bertz CT molecular complexity index is 480. The molecule has 1 N–H and O–H groups in total. The standard InChI is InChI=1S/C18H24ClN/c19-18-4-2-1-3-17(18)14-9-16(10-14)20-11-15-8-12-5-6-13(15)7-12/h1-4,12-16,20H,5-11H2. The summed E-state index contributed by atoms with van der Waals surface area (Å²) in [7, 11) is 0. The molecule has 0 saturated heterocycles. The number of benzene rings is 1. The Balaban J connectivity index is 1.25. The summed E-state index contributed by atoms with van der Waals surface area (Å²) >= 11 is 6.28. The van der Waals surface area contributed by atoms with Crippen LogP contribution in [0, 0.1) is 17.8 Å². The van der Waals surface area contributed by atoms with Crippen LogP contribution in [-0.4, -0.2) is 12.6 Å². The van der Waals surface area contributed by atoms with Crippen LogP contribution in [-0.2, 0) is 0 Å². The van der Waals surface area contributed by atoms with Crippen molar-refractivity contribution in [2.24, 2.45) is 17.8 Å². The molecule has 3 unspecified atom stereocenters. The first-order chi connectivity index (χ1) is 9.79. The van der Waals surface area contributed by atoms with Gasteiger partial charge in [-0.3, -0.25) is 0 Å². The predicted octanol–water partition coefficient (Wildman–Crippen LogP) is 4.61. The van der Waals surface area contributed by atoms with Crippen molar-refractivity contribution >= 4 is 11.6 Å². The van der Waals surface area contributed by atoms with Gasteiger partial charge in [-0.1, -0.05) is 36.2 Å². The molecule has 1 nitrogen and oxygen atoms in total. The molecule has 3 atom stereocenters. The summed E-state index contributed by atoms with van der Waals surface area (Å²) in [4.78, 5) is 0. The number of halogens is 1. The first kappa shape index (κ1) is 13.2. The van der Waals surface area contributed by atoms with E-state index < -0.39 is 0 Å². The zero-order valence-corrected chi connectivity index (χ0v) is 12.8. The van der Waals surface area contributed by atoms with Crippen LogP contribution in [0.3, 0.4) is 0 Å². The van der Waals surface area contributed by atoms with E-state index in [2.05, 4.69) is 17.4 Å². The monoisotopic (exact) mass is 289 g/mol. The van der Waals surface area contributed by atoms with E-state index in [1.54, 1.807) is 0 Å². The number of hydrogen-bond donors (Lipinski definition) is 1. The second-order valence-corrected chi connectivity index (χ2v) is 7.64. The molecule has 1 aromatic carbocycles. The van der Waals surface area contributed by atoms with Crippen molar-refractivity contribution in [3.63, 3.8) is 0 Å². The van der Waals surface area contributed by atoms with Gasteiger partial charge in [0.2, 0.25) is 0 Å². The first-order valence-electron chi connectivity index (χ1n) is 8.27. The second kappa shape index (κ2) is 5.35. The fourth-order valence-electron chi connectivity index (χ4n) is 4.79. The van der Waals surface area contributed by atoms with Gasteiger partial charge >= 0.3 is 0 Å². The largest absolute Gasteiger partial charge is 0.314 e. The van der Waals surface area contributed by atoms with Crippen LogP contribution in [0.15, 0.2) is 24.3 Å². The van der Waals surface area contributed by atoms with E-state index >= 15 is 0 Å². The zero-order valence-electron chi connectivity index (χ0n) is 12.0. The maximum absolute atomic E-state index is 6.28. The summed E-state index contributed by atoms with van der Waals surface area (Å²) in [6.45, 7) is 1.26. The van der Waals surface area contributed by atoms with E-state index in [4.69, 9.17) is 11.6 Å². The smallest absolute Gasteiger partial charge is 0.0440 e. The van der Waals surface area contributed by atoms with Gasteiger partial charge in [0.15, 0.2) is 0 Å². The Hall–Kier alpha value is -0.530. The fourth-order valence-corrected chi connectivity index (χ4v) is 5.08. The Labute approximate surface area is 127 Å². The van der Waals surface area contributed by atoms with Crippen LogP contribution in [0.1, 0.15) is 50.0 Å². The van der Waals surface area contributed by atoms with E-state index in [0.717, 1.165) is 28.8 Å². The fraction of sp³-hybridized carbons (Fsp3) is 0.667. The van der Waals surface area contributed by atoms with Gasteiger partial charge in [-0.05, 0) is 74.0 Å². The third-order valence-corrected chi connectivity index (χ3v) is 6.38. The van der Waals surface area contributed by atoms with Crippen LogP contribution >= 0.6 is 11.6 Å². The SMILES string of the molecule is Clc1ccccc1C1CC(NCC2CC3CCC2C3)C1. The van der Waals surface area contributed by atoms with Crippen molar-refractivity contribution < 1.29 is 0 Å². The van der Waals surface area contributed by atoms with E-state index in [9.17, 15) is 0 Å². The van der Waals surface area contributed by atoms with Gasteiger partial charge in [-0.15, -0.1) is 0 Å². The molecule has 4 rings (SSSR count). The van der Waals surface area contributed by atoms with Crippen molar-refractivity contribution in [1.29, 1.82) is 0 Å². The molecule has 3 aliphatic carbocycles. The predicted molar refractivity (Wildman–Crippen MR) is 84.2 cm³/mol. The molecule has 108 valence electrons. The molecule has 2 heteroatoms. The summed E-state index contributed by atoms with van der Waals surface area (Å²) < 4.78 is 0. The highest BCUT2D eigenvalue weighted by Gasteiger charge is 2.40. The van der Waals surface area contributed by atoms with Gasteiger partial charge in [0, 0.05) is 11.1 Å². The van der Waals surface area contributed by atoms with E-state index in [-0.39, 0.29) is 0 Å². The van der Waals surface area contributed by atoms with Crippen molar-refractivity contribution in [2.45, 2.75) is 50.5 Å². The number of fused-ring (bicyclic) bond motifs is 2. The number of hydrogen-bond acceptors (Lipinski definition) is 1. The Kier molecular flexibility index (Phi) is 3.52. The van der Waals surface area contributed by atoms with Gasteiger partial charge < -0.3 is 5.32 Å². The summed E-state index contributed by atoms with van der Waals surface area (Å²) in [5.41, 5.74) is 1.35. The number of nitrogens with one attached hydrogen (secondary N) is 1. The quantitative estimate of drug-likeness (QED) is 0.853. The molecule has 0 heterocycles. The average Bonchev–Trinajstić information content (AvgIpc) is 3.01. The number of rotatable bonds is 4. The second-order valence-electron chi connectivity index (χ2n) is 7.23. The van der Waals surface area contributed by atoms with Crippen LogP contribution < -0.4 is 5.32 Å². The molecule has 0 aliphatic heterocycles. The molecule has 3 aliphatic rings. The average molecular weight is 290 g/mol. The van der Waals surface area contributed by atoms with E-state index in [1.165, 1.54) is 50.6 Å². The summed E-state index contributed by atoms with van der Waals surface area (Å²) in [5, 5.41) is 4.77. The first-order valence-corrected chi connectivity index (χ1v) is 8.65. The molecular formula is C18H24ClN. The van der Waals surface area contributed by atoms with Crippen molar-refractivity contribution in [1.82, 2.24) is 5.32 Å². The lowest BCUT2D eigenvalue weighted by Crippen LogP contribution is -2.43. The minimum Gasteiger partial charge on any atom is -0.314 e. The summed E-state index contributed by atoms with van der Waals surface area (Å²) in [5.74, 6) is 3.78. The topological polar surface area (TPSA) is 12.0 Å². The lowest BCUT2D eigenvalue weighted by Gasteiger charge is -2.38. The van der Waals surface area contributed by atoms with Gasteiger partial charge in [0.25, 0.3) is 0 Å². The molecule has 0 spiro atoms. The van der Waals surface area contributed by atoms with Crippen LogP contribution in [0.25, 0.3) is 0 Å². The van der Waals surface area contributed by atoms with Crippen molar-refractivity contribution in [2.75, 3.05) is 6.54 Å². The van der Waals surface area contributed by atoms with Crippen LogP contribution in [0.4, 0.5) is 0 Å². The van der Waals surface area contributed by atoms with Crippen LogP contribution in [0.2, 0.25) is 5.02 Å². The molecule has 2 bridgehead atoms. The lowest BCUT2D eigenvalue weighted by atomic mass is 9.75. The molecule has 3 saturated carbocycles. The van der Waals surface area contributed by atoms with Gasteiger partial charge in [-0.2, -0.15) is 0 Å². The van der Waals surface area contributed by atoms with Crippen molar-refractivity contribution in [3.05, 3.63) is 34.9 Å². The Morgan fingerprint density at radius 1 is 1.05 bits per heavy atom. The lowest BCUT2D eigenvalue weighted by molar-refractivity contribution is 0.247. The van der Waals surface area contributed by atoms with Crippen molar-refractivity contribution in [3.8, 4) is 0 Å². The molecule has 20 heavy (non-hydrogen) atoms. The molecule has 0 amide bonds. The maximum atomic E-state index is 6.28. The van der Waals surface area contributed by atoms with Gasteiger partial charge in [-0.25, -0.2) is 0 Å². The minimum atomic E-state index is 0.682. The minimum absolute atomic E-state index is 0.682. The third-order valence-electron chi connectivity index (χ3n) is 6.04. The highest BCUT2D eigenvalue weighted by atomic mass is 35.5. The molecule has 0 radical (unpaired) electrons. The highest BCUT2D eigenvalue weighted by molar-refractivity contribution is 6.31. The molecule has 1 aromatic rings. The Morgan fingerprint density at radius 2 is 1.90 bits per heavy atom. The highest BCUT2D eigenvalue weighted by Crippen LogP contribution is 2.48. The third kappa shape index (κ3) is 2.40. The van der Waals surface area contributed by atoms with Gasteiger partial charge in [0.1, 0.15) is 0 Å². The van der Waals surface area contributed by atoms with Crippen LogP contribution in [0.5, 0.6) is 0 Å². The maximum Gasteiger partial charge on any atom is 0.0440 e. The Morgan fingerprint density at radius 3 is 2.60 bits per heavy atom. The molecular weight excluding hydrogens is 266 g/mol. The van der Waals surface area contributed by atoms with Gasteiger partial charge in [0.05, 0.1) is 0 Å². The van der Waals surface area contributed by atoms with E-state index in [0.29, 0.717) is 5.92 Å².